The first-order chi connectivity index (χ1) is 13.6. The Bertz CT molecular complexity index is 774. The van der Waals surface area contributed by atoms with E-state index in [0.29, 0.717) is 19.5 Å². The lowest BCUT2D eigenvalue weighted by Crippen LogP contribution is -2.43. The van der Waals surface area contributed by atoms with Crippen LogP contribution in [-0.2, 0) is 16.1 Å². The van der Waals surface area contributed by atoms with E-state index in [1.54, 1.807) is 23.7 Å². The smallest absolute Gasteiger partial charge is 0.236 e. The van der Waals surface area contributed by atoms with Crippen LogP contribution in [-0.4, -0.2) is 35.1 Å². The van der Waals surface area contributed by atoms with E-state index in [-0.39, 0.29) is 11.8 Å². The van der Waals surface area contributed by atoms with Crippen LogP contribution in [0.15, 0.2) is 65.6 Å². The second kappa shape index (κ2) is 9.78. The lowest BCUT2D eigenvalue weighted by molar-refractivity contribution is -0.130. The first-order valence-corrected chi connectivity index (χ1v) is 10.7. The van der Waals surface area contributed by atoms with Crippen molar-refractivity contribution in [1.29, 1.82) is 0 Å². The zero-order valence-electron chi connectivity index (χ0n) is 16.4. The average molecular weight is 397 g/mol. The van der Waals surface area contributed by atoms with Gasteiger partial charge < -0.3 is 10.2 Å². The molecule has 2 aromatic carbocycles. The highest BCUT2D eigenvalue weighted by molar-refractivity contribution is 8.01. The Morgan fingerprint density at radius 1 is 1.00 bits per heavy atom. The van der Waals surface area contributed by atoms with E-state index >= 15 is 0 Å². The minimum Gasteiger partial charge on any atom is -0.354 e. The number of thioether (sulfide) groups is 1. The highest BCUT2D eigenvalue weighted by atomic mass is 32.2. The van der Waals surface area contributed by atoms with Crippen molar-refractivity contribution < 1.29 is 9.59 Å². The van der Waals surface area contributed by atoms with Gasteiger partial charge >= 0.3 is 0 Å². The van der Waals surface area contributed by atoms with Gasteiger partial charge in [-0.25, -0.2) is 0 Å². The fraction of sp³-hybridized carbons (Fsp3) is 0.391. The predicted molar refractivity (Wildman–Crippen MR) is 114 cm³/mol. The molecule has 5 heteroatoms. The molecule has 4 nitrogen and oxygen atoms in total. The Labute approximate surface area is 171 Å². The van der Waals surface area contributed by atoms with E-state index in [9.17, 15) is 9.59 Å². The summed E-state index contributed by atoms with van der Waals surface area (Å²) >= 11 is 1.67. The van der Waals surface area contributed by atoms with Crippen molar-refractivity contribution in [2.75, 3.05) is 13.6 Å². The summed E-state index contributed by atoms with van der Waals surface area (Å²) in [5.74, 6) is 0.109. The van der Waals surface area contributed by atoms with Crippen molar-refractivity contribution in [1.82, 2.24) is 10.2 Å². The number of carbonyl (C=O) groups is 2. The maximum atomic E-state index is 13.0. The molecule has 0 atom stereocenters. The molecule has 1 N–H and O–H groups in total. The van der Waals surface area contributed by atoms with Gasteiger partial charge in [-0.15, -0.1) is 11.8 Å². The molecule has 0 unspecified atom stereocenters. The monoisotopic (exact) mass is 396 g/mol. The number of hydrogen-bond donors (Lipinski definition) is 1. The summed E-state index contributed by atoms with van der Waals surface area (Å²) < 4.78 is -0.402. The molecule has 28 heavy (non-hydrogen) atoms. The molecule has 1 aliphatic rings. The van der Waals surface area contributed by atoms with Gasteiger partial charge in [-0.1, -0.05) is 61.4 Å². The quantitative estimate of drug-likeness (QED) is 0.725. The van der Waals surface area contributed by atoms with Crippen LogP contribution in [0.5, 0.6) is 0 Å². The number of rotatable bonds is 8. The van der Waals surface area contributed by atoms with E-state index in [4.69, 9.17) is 0 Å². The van der Waals surface area contributed by atoms with Crippen LogP contribution in [0, 0.1) is 0 Å². The Kier molecular flexibility index (Phi) is 7.15. The molecule has 0 bridgehead atoms. The summed E-state index contributed by atoms with van der Waals surface area (Å²) in [6, 6.07) is 20.0. The molecular formula is C23H28N2O2S. The number of nitrogens with zero attached hydrogens (tertiary/aromatic N) is 1. The zero-order valence-corrected chi connectivity index (χ0v) is 17.2. The molecule has 2 amide bonds. The molecule has 1 fully saturated rings. The summed E-state index contributed by atoms with van der Waals surface area (Å²) in [6.45, 7) is 0.968. The standard InChI is InChI=1S/C23H28N2O2S/c1-25(18-19-10-4-2-5-11-19)21(26)14-17-24-22(27)23(15-8-9-16-23)28-20-12-6-3-7-13-20/h2-7,10-13H,8-9,14-18H2,1H3,(H,24,27). The Morgan fingerprint density at radius 2 is 1.61 bits per heavy atom. The number of amides is 2. The van der Waals surface area contributed by atoms with Crippen LogP contribution in [0.2, 0.25) is 0 Å². The first kappa shape index (κ1) is 20.5. The SMILES string of the molecule is CN(Cc1ccccc1)C(=O)CCNC(=O)C1(Sc2ccccc2)CCCC1. The fourth-order valence-corrected chi connectivity index (χ4v) is 5.02. The van der Waals surface area contributed by atoms with Crippen LogP contribution >= 0.6 is 11.8 Å². The van der Waals surface area contributed by atoms with Crippen molar-refractivity contribution >= 4 is 23.6 Å². The summed E-state index contributed by atoms with van der Waals surface area (Å²) in [7, 11) is 1.81. The maximum Gasteiger partial charge on any atom is 0.236 e. The highest BCUT2D eigenvalue weighted by Crippen LogP contribution is 2.45. The molecule has 3 rings (SSSR count). The second-order valence-electron chi connectivity index (χ2n) is 7.36. The lowest BCUT2D eigenvalue weighted by Gasteiger charge is -2.27. The molecule has 1 saturated carbocycles. The normalized spacial score (nSPS) is 15.2. The van der Waals surface area contributed by atoms with Crippen LogP contribution in [0.4, 0.5) is 0 Å². The van der Waals surface area contributed by atoms with Gasteiger partial charge in [0, 0.05) is 31.5 Å². The fourth-order valence-electron chi connectivity index (χ4n) is 3.62. The average Bonchev–Trinajstić information content (AvgIpc) is 3.19. The maximum absolute atomic E-state index is 13.0. The van der Waals surface area contributed by atoms with E-state index in [1.165, 1.54) is 0 Å². The van der Waals surface area contributed by atoms with Gasteiger partial charge in [0.15, 0.2) is 0 Å². The van der Waals surface area contributed by atoms with Crippen molar-refractivity contribution in [3.8, 4) is 0 Å². The van der Waals surface area contributed by atoms with Crippen molar-refractivity contribution in [3.05, 3.63) is 66.2 Å². The van der Waals surface area contributed by atoms with Gasteiger partial charge in [0.2, 0.25) is 11.8 Å². The molecule has 1 aliphatic carbocycles. The third-order valence-corrected chi connectivity index (χ3v) is 6.69. The summed E-state index contributed by atoms with van der Waals surface area (Å²) in [5.41, 5.74) is 1.10. The Balaban J connectivity index is 1.50. The summed E-state index contributed by atoms with van der Waals surface area (Å²) in [5, 5.41) is 3.03. The van der Waals surface area contributed by atoms with Crippen molar-refractivity contribution in [3.63, 3.8) is 0 Å². The summed E-state index contributed by atoms with van der Waals surface area (Å²) in [6.07, 6.45) is 4.25. The predicted octanol–water partition coefficient (Wildman–Crippen LogP) is 4.26. The van der Waals surface area contributed by atoms with Crippen LogP contribution in [0.25, 0.3) is 0 Å². The van der Waals surface area contributed by atoms with Gasteiger partial charge in [0.25, 0.3) is 0 Å². The molecule has 0 spiro atoms. The Hall–Kier alpha value is -2.27. The molecule has 2 aromatic rings. The van der Waals surface area contributed by atoms with Gasteiger partial charge in [-0.05, 0) is 30.5 Å². The third-order valence-electron chi connectivity index (χ3n) is 5.19. The molecule has 0 aromatic heterocycles. The minimum absolute atomic E-state index is 0.0420. The highest BCUT2D eigenvalue weighted by Gasteiger charge is 2.42. The minimum atomic E-state index is -0.402. The van der Waals surface area contributed by atoms with Gasteiger partial charge in [0.1, 0.15) is 0 Å². The second-order valence-corrected chi connectivity index (χ2v) is 8.81. The molecule has 0 radical (unpaired) electrons. The third kappa shape index (κ3) is 5.38. The zero-order chi connectivity index (χ0) is 19.8. The molecular weight excluding hydrogens is 368 g/mol. The van der Waals surface area contributed by atoms with E-state index in [0.717, 1.165) is 36.1 Å². The molecule has 0 aliphatic heterocycles. The van der Waals surface area contributed by atoms with E-state index in [2.05, 4.69) is 17.4 Å². The van der Waals surface area contributed by atoms with E-state index < -0.39 is 4.75 Å². The van der Waals surface area contributed by atoms with Crippen LogP contribution in [0.3, 0.4) is 0 Å². The van der Waals surface area contributed by atoms with E-state index in [1.807, 2.05) is 48.5 Å². The van der Waals surface area contributed by atoms with Gasteiger partial charge in [0.05, 0.1) is 4.75 Å². The topological polar surface area (TPSA) is 49.4 Å². The largest absolute Gasteiger partial charge is 0.354 e. The number of hydrogen-bond acceptors (Lipinski definition) is 3. The Morgan fingerprint density at radius 3 is 2.25 bits per heavy atom. The van der Waals surface area contributed by atoms with Crippen LogP contribution < -0.4 is 5.32 Å². The van der Waals surface area contributed by atoms with Crippen molar-refractivity contribution in [2.45, 2.75) is 48.3 Å². The van der Waals surface area contributed by atoms with Crippen molar-refractivity contribution in [2.24, 2.45) is 0 Å². The van der Waals surface area contributed by atoms with Crippen LogP contribution in [0.1, 0.15) is 37.7 Å². The summed E-state index contributed by atoms with van der Waals surface area (Å²) in [4.78, 5) is 28.2. The lowest BCUT2D eigenvalue weighted by atomic mass is 10.1. The molecule has 148 valence electrons. The number of carbonyl (C=O) groups excluding carboxylic acids is 2. The number of benzene rings is 2. The first-order valence-electron chi connectivity index (χ1n) is 9.89. The molecule has 0 heterocycles. The van der Waals surface area contributed by atoms with Gasteiger partial charge in [-0.2, -0.15) is 0 Å². The molecule has 0 saturated heterocycles. The number of nitrogens with one attached hydrogen (secondary N) is 1. The van der Waals surface area contributed by atoms with Gasteiger partial charge in [-0.3, -0.25) is 9.59 Å².